The van der Waals surface area contributed by atoms with Gasteiger partial charge in [-0.15, -0.1) is 0 Å². The first-order chi connectivity index (χ1) is 6.69. The minimum absolute atomic E-state index is 0.364. The van der Waals surface area contributed by atoms with Gasteiger partial charge in [-0.05, 0) is 11.1 Å². The quantitative estimate of drug-likeness (QED) is 0.591. The molecule has 0 fully saturated rings. The fourth-order valence-electron chi connectivity index (χ4n) is 1.16. The molecule has 1 rings (SSSR count). The van der Waals surface area contributed by atoms with Crippen molar-refractivity contribution < 1.29 is 10.2 Å². The van der Waals surface area contributed by atoms with E-state index in [2.05, 4.69) is 0 Å². The summed E-state index contributed by atoms with van der Waals surface area (Å²) in [6.45, 7) is 0.364. The molecule has 4 nitrogen and oxygen atoms in total. The first kappa shape index (κ1) is 10.7. The highest BCUT2D eigenvalue weighted by Gasteiger charge is 2.17. The Kier molecular flexibility index (Phi) is 3.60. The number of nitrogens with zero attached hydrogens (tertiary/aromatic N) is 1. The number of nitriles is 1. The van der Waals surface area contributed by atoms with Gasteiger partial charge in [-0.2, -0.15) is 5.26 Å². The van der Waals surface area contributed by atoms with Crippen LogP contribution < -0.4 is 5.73 Å². The second kappa shape index (κ2) is 4.72. The number of hydrogen-bond acceptors (Lipinski definition) is 4. The van der Waals surface area contributed by atoms with E-state index in [-0.39, 0.29) is 0 Å². The van der Waals surface area contributed by atoms with Gasteiger partial charge in [-0.1, -0.05) is 24.3 Å². The number of benzene rings is 1. The zero-order valence-electron chi connectivity index (χ0n) is 7.59. The first-order valence-corrected chi connectivity index (χ1v) is 4.23. The van der Waals surface area contributed by atoms with Gasteiger partial charge >= 0.3 is 0 Å². The molecule has 0 bridgehead atoms. The molecule has 0 saturated carbocycles. The van der Waals surface area contributed by atoms with Crippen LogP contribution in [0.1, 0.15) is 17.2 Å². The normalized spacial score (nSPS) is 14.4. The molecule has 0 aliphatic rings. The Bertz CT molecular complexity index is 346. The lowest BCUT2D eigenvalue weighted by atomic mass is 10.0. The third-order valence-electron chi connectivity index (χ3n) is 1.96. The van der Waals surface area contributed by atoms with Gasteiger partial charge in [0.05, 0.1) is 6.07 Å². The van der Waals surface area contributed by atoms with Crippen molar-refractivity contribution in [3.05, 3.63) is 35.4 Å². The summed E-state index contributed by atoms with van der Waals surface area (Å²) in [6, 6.07) is 8.43. The summed E-state index contributed by atoms with van der Waals surface area (Å²) in [7, 11) is 0. The molecule has 0 spiro atoms. The Morgan fingerprint density at radius 1 is 1.43 bits per heavy atom. The summed E-state index contributed by atoms with van der Waals surface area (Å²) in [4.78, 5) is 0. The zero-order chi connectivity index (χ0) is 10.6. The van der Waals surface area contributed by atoms with Crippen molar-refractivity contribution in [1.82, 2.24) is 0 Å². The van der Waals surface area contributed by atoms with Crippen molar-refractivity contribution in [3.8, 4) is 6.07 Å². The maximum atomic E-state index is 9.50. The van der Waals surface area contributed by atoms with Crippen molar-refractivity contribution in [3.63, 3.8) is 0 Å². The Morgan fingerprint density at radius 2 is 2.14 bits per heavy atom. The van der Waals surface area contributed by atoms with Crippen molar-refractivity contribution in [1.29, 1.82) is 5.26 Å². The molecule has 74 valence electrons. The fourth-order valence-corrected chi connectivity index (χ4v) is 1.16. The molecule has 0 radical (unpaired) electrons. The Labute approximate surface area is 82.2 Å². The number of rotatable bonds is 3. The van der Waals surface area contributed by atoms with Gasteiger partial charge in [0.15, 0.2) is 6.10 Å². The summed E-state index contributed by atoms with van der Waals surface area (Å²) >= 11 is 0. The third kappa shape index (κ3) is 2.30. The van der Waals surface area contributed by atoms with E-state index in [4.69, 9.17) is 16.1 Å². The van der Waals surface area contributed by atoms with Gasteiger partial charge in [-0.3, -0.25) is 0 Å². The van der Waals surface area contributed by atoms with Gasteiger partial charge < -0.3 is 15.9 Å². The number of nitrogens with two attached hydrogens (primary N) is 1. The van der Waals surface area contributed by atoms with Gasteiger partial charge in [0, 0.05) is 6.54 Å². The predicted octanol–water partition coefficient (Wildman–Crippen LogP) is 0.0632. The minimum atomic E-state index is -1.40. The molecule has 0 aliphatic heterocycles. The molecule has 1 aromatic carbocycles. The van der Waals surface area contributed by atoms with E-state index in [9.17, 15) is 5.11 Å². The minimum Gasteiger partial charge on any atom is -0.385 e. The fraction of sp³-hybridized carbons (Fsp3) is 0.300. The third-order valence-corrected chi connectivity index (χ3v) is 1.96. The average molecular weight is 192 g/mol. The lowest BCUT2D eigenvalue weighted by Gasteiger charge is -2.12. The molecule has 2 atom stereocenters. The van der Waals surface area contributed by atoms with Crippen molar-refractivity contribution in [2.24, 2.45) is 5.73 Å². The van der Waals surface area contributed by atoms with Crippen LogP contribution in [0.4, 0.5) is 0 Å². The maximum Gasteiger partial charge on any atom is 0.170 e. The lowest BCUT2D eigenvalue weighted by molar-refractivity contribution is 0.0527. The Morgan fingerprint density at radius 3 is 2.71 bits per heavy atom. The molecule has 0 aliphatic carbocycles. The molecule has 0 amide bonds. The molecular formula is C10H12N2O2. The summed E-state index contributed by atoms with van der Waals surface area (Å²) in [5, 5.41) is 27.0. The van der Waals surface area contributed by atoms with Crippen LogP contribution in [0, 0.1) is 11.3 Å². The smallest absolute Gasteiger partial charge is 0.170 e. The summed E-state index contributed by atoms with van der Waals surface area (Å²) in [5.74, 6) is 0. The molecular weight excluding hydrogens is 180 g/mol. The lowest BCUT2D eigenvalue weighted by Crippen LogP contribution is -2.16. The van der Waals surface area contributed by atoms with E-state index in [1.54, 1.807) is 24.3 Å². The molecule has 1 aromatic rings. The second-order valence-electron chi connectivity index (χ2n) is 2.97. The SMILES string of the molecule is N#CC(O)C(O)c1cccc(CN)c1. The van der Waals surface area contributed by atoms with Crippen LogP contribution in [0.3, 0.4) is 0 Å². The van der Waals surface area contributed by atoms with E-state index in [0.29, 0.717) is 12.1 Å². The highest BCUT2D eigenvalue weighted by atomic mass is 16.3. The van der Waals surface area contributed by atoms with Crippen molar-refractivity contribution in [2.45, 2.75) is 18.8 Å². The zero-order valence-corrected chi connectivity index (χ0v) is 7.59. The van der Waals surface area contributed by atoms with Crippen LogP contribution in [-0.4, -0.2) is 16.3 Å². The topological polar surface area (TPSA) is 90.3 Å². The van der Waals surface area contributed by atoms with E-state index in [0.717, 1.165) is 5.56 Å². The standard InChI is InChI=1S/C10H12N2O2/c11-5-7-2-1-3-8(4-7)10(14)9(13)6-12/h1-4,9-10,13-14H,5,11H2. The second-order valence-corrected chi connectivity index (χ2v) is 2.97. The summed E-state index contributed by atoms with van der Waals surface area (Å²) < 4.78 is 0. The van der Waals surface area contributed by atoms with Crippen LogP contribution in [0.15, 0.2) is 24.3 Å². The Hall–Kier alpha value is -1.41. The molecule has 0 aromatic heterocycles. The molecule has 4 heteroatoms. The van der Waals surface area contributed by atoms with E-state index in [1.165, 1.54) is 0 Å². The van der Waals surface area contributed by atoms with Crippen LogP contribution in [0.5, 0.6) is 0 Å². The van der Waals surface area contributed by atoms with E-state index >= 15 is 0 Å². The van der Waals surface area contributed by atoms with E-state index < -0.39 is 12.2 Å². The largest absolute Gasteiger partial charge is 0.385 e. The highest BCUT2D eigenvalue weighted by Crippen LogP contribution is 2.17. The first-order valence-electron chi connectivity index (χ1n) is 4.23. The van der Waals surface area contributed by atoms with Gasteiger partial charge in [0.25, 0.3) is 0 Å². The van der Waals surface area contributed by atoms with Gasteiger partial charge in [-0.25, -0.2) is 0 Å². The predicted molar refractivity (Wildman–Crippen MR) is 50.9 cm³/mol. The molecule has 4 N–H and O–H groups in total. The van der Waals surface area contributed by atoms with E-state index in [1.807, 2.05) is 6.07 Å². The van der Waals surface area contributed by atoms with Crippen LogP contribution >= 0.6 is 0 Å². The maximum absolute atomic E-state index is 9.50. The number of aliphatic hydroxyl groups excluding tert-OH is 2. The monoisotopic (exact) mass is 192 g/mol. The van der Waals surface area contributed by atoms with Crippen LogP contribution in [-0.2, 0) is 6.54 Å². The van der Waals surface area contributed by atoms with Crippen LogP contribution in [0.25, 0.3) is 0 Å². The summed E-state index contributed by atoms with van der Waals surface area (Å²) in [6.07, 6.45) is -2.57. The number of hydrogen-bond donors (Lipinski definition) is 3. The molecule has 0 saturated heterocycles. The number of aliphatic hydroxyl groups is 2. The van der Waals surface area contributed by atoms with Gasteiger partial charge in [0.1, 0.15) is 6.10 Å². The molecule has 14 heavy (non-hydrogen) atoms. The average Bonchev–Trinajstić information content (AvgIpc) is 2.27. The van der Waals surface area contributed by atoms with Crippen molar-refractivity contribution in [2.75, 3.05) is 0 Å². The van der Waals surface area contributed by atoms with Crippen LogP contribution in [0.2, 0.25) is 0 Å². The van der Waals surface area contributed by atoms with Crippen molar-refractivity contribution >= 4 is 0 Å². The molecule has 0 heterocycles. The Balaban J connectivity index is 2.90. The van der Waals surface area contributed by atoms with Gasteiger partial charge in [0.2, 0.25) is 0 Å². The molecule has 2 unspecified atom stereocenters. The summed E-state index contributed by atoms with van der Waals surface area (Å²) in [5.41, 5.74) is 6.77. The highest BCUT2D eigenvalue weighted by molar-refractivity contribution is 5.26.